The zero-order valence-corrected chi connectivity index (χ0v) is 14.6. The molecule has 0 amide bonds. The summed E-state index contributed by atoms with van der Waals surface area (Å²) >= 11 is 0. The van der Waals surface area contributed by atoms with Crippen LogP contribution in [-0.2, 0) is 13.0 Å². The average Bonchev–Trinajstić information content (AvgIpc) is 2.55. The molecule has 0 unspecified atom stereocenters. The molecule has 0 aliphatic heterocycles. The van der Waals surface area contributed by atoms with Crippen molar-refractivity contribution in [3.63, 3.8) is 0 Å². The molecule has 3 nitrogen and oxygen atoms in total. The molecule has 2 aromatic rings. The van der Waals surface area contributed by atoms with Crippen molar-refractivity contribution in [3.8, 4) is 11.5 Å². The number of ether oxygens (including phenoxy) is 2. The van der Waals surface area contributed by atoms with Crippen LogP contribution >= 0.6 is 0 Å². The van der Waals surface area contributed by atoms with Crippen LogP contribution in [0, 0.1) is 0 Å². The van der Waals surface area contributed by atoms with E-state index >= 15 is 0 Å². The van der Waals surface area contributed by atoms with Gasteiger partial charge in [0.25, 0.3) is 0 Å². The van der Waals surface area contributed by atoms with Gasteiger partial charge in [-0.25, -0.2) is 0 Å². The van der Waals surface area contributed by atoms with Gasteiger partial charge < -0.3 is 14.4 Å². The van der Waals surface area contributed by atoms with Crippen LogP contribution in [0.2, 0.25) is 0 Å². The molecule has 0 bridgehead atoms. The fourth-order valence-corrected chi connectivity index (χ4v) is 2.55. The van der Waals surface area contributed by atoms with E-state index < -0.39 is 0 Å². The Bertz CT molecular complexity index is 596. The number of methoxy groups -OCH3 is 1. The Kier molecular flexibility index (Phi) is 6.48. The molecule has 3 heteroatoms. The van der Waals surface area contributed by atoms with Crippen molar-refractivity contribution in [2.45, 2.75) is 32.9 Å². The summed E-state index contributed by atoms with van der Waals surface area (Å²) in [5, 5.41) is 0. The molecule has 0 spiro atoms. The Morgan fingerprint density at radius 2 is 1.74 bits per heavy atom. The Morgan fingerprint density at radius 1 is 1.00 bits per heavy atom. The molecule has 124 valence electrons. The highest BCUT2D eigenvalue weighted by Gasteiger charge is 2.13. The first-order valence-corrected chi connectivity index (χ1v) is 8.15. The summed E-state index contributed by atoms with van der Waals surface area (Å²) < 4.78 is 11.4. The van der Waals surface area contributed by atoms with Crippen molar-refractivity contribution in [1.29, 1.82) is 0 Å². The van der Waals surface area contributed by atoms with Gasteiger partial charge in [-0.1, -0.05) is 42.5 Å². The van der Waals surface area contributed by atoms with E-state index in [9.17, 15) is 0 Å². The van der Waals surface area contributed by atoms with Crippen LogP contribution < -0.4 is 9.47 Å². The fourth-order valence-electron chi connectivity index (χ4n) is 2.55. The summed E-state index contributed by atoms with van der Waals surface area (Å²) in [6, 6.07) is 16.7. The second-order valence-corrected chi connectivity index (χ2v) is 6.09. The van der Waals surface area contributed by atoms with Crippen LogP contribution in [0.25, 0.3) is 0 Å². The molecule has 2 rings (SSSR count). The number of likely N-dealkylation sites (N-methyl/N-ethyl adjacent to an activating group) is 1. The lowest BCUT2D eigenvalue weighted by Crippen LogP contribution is -2.21. The predicted octanol–water partition coefficient (Wildman–Crippen LogP) is 4.16. The molecule has 0 radical (unpaired) electrons. The Balaban J connectivity index is 2.03. The summed E-state index contributed by atoms with van der Waals surface area (Å²) in [5.74, 6) is 1.66. The molecule has 0 aliphatic rings. The van der Waals surface area contributed by atoms with E-state index in [-0.39, 0.29) is 6.10 Å². The van der Waals surface area contributed by atoms with Crippen LogP contribution in [0.1, 0.15) is 25.0 Å². The van der Waals surface area contributed by atoms with Gasteiger partial charge in [-0.2, -0.15) is 0 Å². The van der Waals surface area contributed by atoms with Gasteiger partial charge in [0.1, 0.15) is 0 Å². The van der Waals surface area contributed by atoms with E-state index in [1.54, 1.807) is 7.11 Å². The summed E-state index contributed by atoms with van der Waals surface area (Å²) in [5.41, 5.74) is 2.53. The van der Waals surface area contributed by atoms with Crippen molar-refractivity contribution in [2.24, 2.45) is 0 Å². The molecule has 0 aromatic heterocycles. The van der Waals surface area contributed by atoms with Crippen LogP contribution in [-0.4, -0.2) is 31.7 Å². The van der Waals surface area contributed by atoms with Crippen molar-refractivity contribution in [1.82, 2.24) is 4.90 Å². The van der Waals surface area contributed by atoms with E-state index in [1.807, 2.05) is 26.0 Å². The number of benzene rings is 2. The third-order valence-electron chi connectivity index (χ3n) is 3.70. The van der Waals surface area contributed by atoms with Crippen LogP contribution in [0.4, 0.5) is 0 Å². The van der Waals surface area contributed by atoms with E-state index in [1.165, 1.54) is 5.56 Å². The number of nitrogens with zero attached hydrogens (tertiary/aromatic N) is 1. The average molecular weight is 313 g/mol. The molecule has 0 atom stereocenters. The van der Waals surface area contributed by atoms with Gasteiger partial charge in [0, 0.05) is 18.7 Å². The fraction of sp³-hybridized carbons (Fsp3) is 0.400. The zero-order chi connectivity index (χ0) is 16.7. The quantitative estimate of drug-likeness (QED) is 0.730. The van der Waals surface area contributed by atoms with E-state index in [0.29, 0.717) is 0 Å². The minimum Gasteiger partial charge on any atom is -0.493 e. The number of rotatable bonds is 8. The second kappa shape index (κ2) is 8.59. The minimum atomic E-state index is 0.125. The van der Waals surface area contributed by atoms with Crippen LogP contribution in [0.5, 0.6) is 11.5 Å². The molecular weight excluding hydrogens is 286 g/mol. The maximum absolute atomic E-state index is 5.98. The monoisotopic (exact) mass is 313 g/mol. The van der Waals surface area contributed by atoms with Crippen molar-refractivity contribution < 1.29 is 9.47 Å². The highest BCUT2D eigenvalue weighted by atomic mass is 16.5. The Morgan fingerprint density at radius 3 is 2.39 bits per heavy atom. The first kappa shape index (κ1) is 17.4. The molecule has 0 N–H and O–H groups in total. The van der Waals surface area contributed by atoms with Gasteiger partial charge in [-0.05, 0) is 38.9 Å². The lowest BCUT2D eigenvalue weighted by atomic mass is 10.1. The molecule has 2 aromatic carbocycles. The normalized spacial score (nSPS) is 11.0. The molecule has 0 aliphatic carbocycles. The van der Waals surface area contributed by atoms with E-state index in [2.05, 4.69) is 48.3 Å². The summed E-state index contributed by atoms with van der Waals surface area (Å²) in [7, 11) is 3.83. The highest BCUT2D eigenvalue weighted by molar-refractivity contribution is 5.46. The van der Waals surface area contributed by atoms with Gasteiger partial charge in [-0.15, -0.1) is 0 Å². The first-order valence-electron chi connectivity index (χ1n) is 8.15. The smallest absolute Gasteiger partial charge is 0.166 e. The van der Waals surface area contributed by atoms with E-state index in [4.69, 9.17) is 9.47 Å². The SMILES string of the molecule is COc1cccc(CN(C)CCc2ccccc2)c1OC(C)C. The van der Waals surface area contributed by atoms with Crippen LogP contribution in [0.15, 0.2) is 48.5 Å². The van der Waals surface area contributed by atoms with Gasteiger partial charge in [0.15, 0.2) is 11.5 Å². The Hall–Kier alpha value is -2.00. The standard InChI is InChI=1S/C20H27NO2/c1-16(2)23-20-18(11-8-12-19(20)22-4)15-21(3)14-13-17-9-6-5-7-10-17/h5-12,16H,13-15H2,1-4H3. The van der Waals surface area contributed by atoms with Crippen LogP contribution in [0.3, 0.4) is 0 Å². The van der Waals surface area contributed by atoms with E-state index in [0.717, 1.165) is 36.6 Å². The first-order chi connectivity index (χ1) is 11.1. The molecule has 0 saturated carbocycles. The molecule has 0 heterocycles. The van der Waals surface area contributed by atoms with Gasteiger partial charge >= 0.3 is 0 Å². The van der Waals surface area contributed by atoms with Gasteiger partial charge in [0.2, 0.25) is 0 Å². The molecule has 0 saturated heterocycles. The van der Waals surface area contributed by atoms with Gasteiger partial charge in [0.05, 0.1) is 13.2 Å². The van der Waals surface area contributed by atoms with Gasteiger partial charge in [-0.3, -0.25) is 0 Å². The summed E-state index contributed by atoms with van der Waals surface area (Å²) in [6.45, 7) is 5.92. The molecular formula is C20H27NO2. The summed E-state index contributed by atoms with van der Waals surface area (Å²) in [4.78, 5) is 2.31. The highest BCUT2D eigenvalue weighted by Crippen LogP contribution is 2.32. The number of para-hydroxylation sites is 1. The second-order valence-electron chi connectivity index (χ2n) is 6.09. The predicted molar refractivity (Wildman–Crippen MR) is 95.2 cm³/mol. The Labute approximate surface area is 139 Å². The largest absolute Gasteiger partial charge is 0.493 e. The zero-order valence-electron chi connectivity index (χ0n) is 14.6. The topological polar surface area (TPSA) is 21.7 Å². The van der Waals surface area contributed by atoms with Crippen molar-refractivity contribution in [3.05, 3.63) is 59.7 Å². The minimum absolute atomic E-state index is 0.125. The number of hydrogen-bond donors (Lipinski definition) is 0. The third kappa shape index (κ3) is 5.29. The summed E-state index contributed by atoms with van der Waals surface area (Å²) in [6.07, 6.45) is 1.17. The molecule has 0 fully saturated rings. The number of hydrogen-bond acceptors (Lipinski definition) is 3. The lowest BCUT2D eigenvalue weighted by Gasteiger charge is -2.21. The molecule has 23 heavy (non-hydrogen) atoms. The van der Waals surface area contributed by atoms with Crippen molar-refractivity contribution >= 4 is 0 Å². The third-order valence-corrected chi connectivity index (χ3v) is 3.70. The maximum atomic E-state index is 5.98. The lowest BCUT2D eigenvalue weighted by molar-refractivity contribution is 0.222. The maximum Gasteiger partial charge on any atom is 0.166 e. The van der Waals surface area contributed by atoms with Crippen molar-refractivity contribution in [2.75, 3.05) is 20.7 Å².